The zero-order chi connectivity index (χ0) is 29.0. The fourth-order valence-electron chi connectivity index (χ4n) is 6.32. The number of benzene rings is 6. The van der Waals surface area contributed by atoms with Crippen molar-refractivity contribution in [2.75, 3.05) is 0 Å². The topological polar surface area (TPSA) is 56.7 Å². The van der Waals surface area contributed by atoms with Crippen LogP contribution >= 0.6 is 0 Å². The highest BCUT2D eigenvalue weighted by molar-refractivity contribution is 6.26. The normalized spacial score (nSPS) is 11.6. The number of rotatable bonds is 4. The molecule has 0 unspecified atom stereocenters. The first-order valence-corrected chi connectivity index (χ1v) is 14.6. The van der Waals surface area contributed by atoms with Gasteiger partial charge in [0, 0.05) is 38.5 Å². The van der Waals surface area contributed by atoms with Crippen LogP contribution in [0.4, 0.5) is 0 Å². The van der Waals surface area contributed by atoms with Crippen LogP contribution in [0.2, 0.25) is 0 Å². The lowest BCUT2D eigenvalue weighted by Crippen LogP contribution is -2.00. The molecule has 0 spiro atoms. The Morgan fingerprint density at radius 2 is 1.02 bits per heavy atom. The second-order valence-electron chi connectivity index (χ2n) is 10.8. The Bertz CT molecular complexity index is 2420. The van der Waals surface area contributed by atoms with Gasteiger partial charge in [-0.25, -0.2) is 15.0 Å². The van der Waals surface area contributed by atoms with Gasteiger partial charge in [0.1, 0.15) is 11.2 Å². The molecule has 0 bridgehead atoms. The lowest BCUT2D eigenvalue weighted by atomic mass is 10.0. The molecule has 3 aromatic heterocycles. The van der Waals surface area contributed by atoms with Crippen molar-refractivity contribution in [3.8, 4) is 39.9 Å². The number of hydrogen-bond donors (Lipinski definition) is 0. The van der Waals surface area contributed by atoms with E-state index in [9.17, 15) is 0 Å². The monoisotopic (exact) mass is 564 g/mol. The number of furan rings is 1. The van der Waals surface area contributed by atoms with Crippen molar-refractivity contribution in [3.63, 3.8) is 0 Å². The molecule has 0 aliphatic carbocycles. The minimum Gasteiger partial charge on any atom is -0.456 e. The summed E-state index contributed by atoms with van der Waals surface area (Å²) in [5, 5.41) is 4.38. The van der Waals surface area contributed by atoms with Crippen LogP contribution in [0.15, 0.2) is 150 Å². The standard InChI is InChI=1S/C39H24N4O/c1-4-13-25(14-5-1)37-40-38(26-15-6-2-7-16-26)42-39(41-37)30-20-12-22-32-34(30)35-33(44-32)24-23-29-28-19-10-11-21-31(28)43(36(29)35)27-17-8-3-9-18-27/h1-24H. The maximum absolute atomic E-state index is 6.55. The van der Waals surface area contributed by atoms with Gasteiger partial charge in [-0.2, -0.15) is 0 Å². The van der Waals surface area contributed by atoms with Crippen LogP contribution < -0.4 is 0 Å². The molecule has 6 aromatic carbocycles. The van der Waals surface area contributed by atoms with Gasteiger partial charge in [0.25, 0.3) is 0 Å². The van der Waals surface area contributed by atoms with E-state index in [1.165, 1.54) is 10.8 Å². The van der Waals surface area contributed by atoms with Crippen molar-refractivity contribution in [3.05, 3.63) is 146 Å². The molecule has 0 saturated carbocycles. The molecule has 5 nitrogen and oxygen atoms in total. The van der Waals surface area contributed by atoms with E-state index >= 15 is 0 Å². The summed E-state index contributed by atoms with van der Waals surface area (Å²) in [6, 6.07) is 49.6. The lowest BCUT2D eigenvalue weighted by molar-refractivity contribution is 0.669. The molecule has 44 heavy (non-hydrogen) atoms. The van der Waals surface area contributed by atoms with E-state index in [1.807, 2.05) is 78.9 Å². The minimum absolute atomic E-state index is 0.602. The van der Waals surface area contributed by atoms with Crippen molar-refractivity contribution in [2.45, 2.75) is 0 Å². The fraction of sp³-hybridized carbons (Fsp3) is 0. The van der Waals surface area contributed by atoms with Gasteiger partial charge in [-0.3, -0.25) is 0 Å². The van der Waals surface area contributed by atoms with Crippen LogP contribution in [-0.4, -0.2) is 19.5 Å². The second kappa shape index (κ2) is 9.75. The third kappa shape index (κ3) is 3.76. The molecular formula is C39H24N4O. The molecule has 0 fully saturated rings. The number of aromatic nitrogens is 4. The molecule has 0 atom stereocenters. The number of fused-ring (bicyclic) bond motifs is 7. The van der Waals surface area contributed by atoms with Gasteiger partial charge in [-0.15, -0.1) is 0 Å². The Morgan fingerprint density at radius 1 is 0.432 bits per heavy atom. The molecule has 9 aromatic rings. The van der Waals surface area contributed by atoms with Crippen LogP contribution in [0, 0.1) is 0 Å². The molecule has 3 heterocycles. The predicted molar refractivity (Wildman–Crippen MR) is 178 cm³/mol. The zero-order valence-corrected chi connectivity index (χ0v) is 23.6. The summed E-state index contributed by atoms with van der Waals surface area (Å²) in [6.45, 7) is 0. The first-order valence-electron chi connectivity index (χ1n) is 14.6. The third-order valence-corrected chi connectivity index (χ3v) is 8.25. The summed E-state index contributed by atoms with van der Waals surface area (Å²) >= 11 is 0. The summed E-state index contributed by atoms with van der Waals surface area (Å²) in [5.41, 5.74) is 7.71. The molecule has 5 heteroatoms. The van der Waals surface area contributed by atoms with Gasteiger partial charge >= 0.3 is 0 Å². The second-order valence-corrected chi connectivity index (χ2v) is 10.8. The number of nitrogens with zero attached hydrogens (tertiary/aromatic N) is 4. The van der Waals surface area contributed by atoms with E-state index in [1.54, 1.807) is 0 Å². The Labute approximate surface area is 252 Å². The smallest absolute Gasteiger partial charge is 0.164 e. The van der Waals surface area contributed by atoms with Crippen LogP contribution in [-0.2, 0) is 0 Å². The maximum atomic E-state index is 6.55. The Morgan fingerprint density at radius 3 is 1.73 bits per heavy atom. The van der Waals surface area contributed by atoms with Gasteiger partial charge < -0.3 is 8.98 Å². The van der Waals surface area contributed by atoms with Crippen molar-refractivity contribution in [1.29, 1.82) is 0 Å². The van der Waals surface area contributed by atoms with Gasteiger partial charge in [0.15, 0.2) is 17.5 Å². The highest BCUT2D eigenvalue weighted by Gasteiger charge is 2.22. The van der Waals surface area contributed by atoms with Gasteiger partial charge in [0.2, 0.25) is 0 Å². The molecule has 0 aliphatic heterocycles. The first-order chi connectivity index (χ1) is 21.8. The quantitative estimate of drug-likeness (QED) is 0.213. The average Bonchev–Trinajstić information content (AvgIpc) is 3.65. The van der Waals surface area contributed by atoms with Gasteiger partial charge in [-0.1, -0.05) is 109 Å². The maximum Gasteiger partial charge on any atom is 0.164 e. The molecule has 0 N–H and O–H groups in total. The number of para-hydroxylation sites is 2. The SMILES string of the molecule is c1ccc(-c2nc(-c3ccccc3)nc(-c3cccc4oc5ccc6c7ccccc7n(-c7ccccc7)c6c5c34)n2)cc1. The third-order valence-electron chi connectivity index (χ3n) is 8.25. The Hall–Kier alpha value is -6.07. The summed E-state index contributed by atoms with van der Waals surface area (Å²) < 4.78 is 8.90. The van der Waals surface area contributed by atoms with E-state index in [4.69, 9.17) is 19.4 Å². The molecule has 9 rings (SSSR count). The van der Waals surface area contributed by atoms with E-state index in [0.29, 0.717) is 17.5 Å². The molecule has 0 radical (unpaired) electrons. The summed E-state index contributed by atoms with van der Waals surface area (Å²) in [5.74, 6) is 1.86. The zero-order valence-electron chi connectivity index (χ0n) is 23.6. The fourth-order valence-corrected chi connectivity index (χ4v) is 6.32. The van der Waals surface area contributed by atoms with E-state index < -0.39 is 0 Å². The highest BCUT2D eigenvalue weighted by Crippen LogP contribution is 2.43. The van der Waals surface area contributed by atoms with Gasteiger partial charge in [-0.05, 0) is 36.4 Å². The minimum atomic E-state index is 0.602. The number of hydrogen-bond acceptors (Lipinski definition) is 4. The molecular weight excluding hydrogens is 540 g/mol. The summed E-state index contributed by atoms with van der Waals surface area (Å²) in [4.78, 5) is 15.0. The van der Waals surface area contributed by atoms with Crippen LogP contribution in [0.25, 0.3) is 83.6 Å². The van der Waals surface area contributed by atoms with Crippen molar-refractivity contribution >= 4 is 43.7 Å². The molecule has 206 valence electrons. The largest absolute Gasteiger partial charge is 0.456 e. The van der Waals surface area contributed by atoms with Crippen molar-refractivity contribution < 1.29 is 4.42 Å². The lowest BCUT2D eigenvalue weighted by Gasteiger charge is -2.10. The van der Waals surface area contributed by atoms with Crippen LogP contribution in [0.1, 0.15) is 0 Å². The predicted octanol–water partition coefficient (Wildman–Crippen LogP) is 9.87. The molecule has 0 amide bonds. The van der Waals surface area contributed by atoms with E-state index in [2.05, 4.69) is 71.3 Å². The summed E-state index contributed by atoms with van der Waals surface area (Å²) in [7, 11) is 0. The average molecular weight is 565 g/mol. The van der Waals surface area contributed by atoms with E-state index in [0.717, 1.165) is 55.3 Å². The molecule has 0 aliphatic rings. The van der Waals surface area contributed by atoms with Crippen molar-refractivity contribution in [1.82, 2.24) is 19.5 Å². The Kier molecular flexibility index (Phi) is 5.43. The van der Waals surface area contributed by atoms with Crippen molar-refractivity contribution in [2.24, 2.45) is 0 Å². The van der Waals surface area contributed by atoms with Crippen LogP contribution in [0.3, 0.4) is 0 Å². The molecule has 0 saturated heterocycles. The van der Waals surface area contributed by atoms with Crippen LogP contribution in [0.5, 0.6) is 0 Å². The van der Waals surface area contributed by atoms with Gasteiger partial charge in [0.05, 0.1) is 16.4 Å². The Balaban J connectivity index is 1.42. The summed E-state index contributed by atoms with van der Waals surface area (Å²) in [6.07, 6.45) is 0. The van der Waals surface area contributed by atoms with E-state index in [-0.39, 0.29) is 0 Å². The highest BCUT2D eigenvalue weighted by atomic mass is 16.3. The first kappa shape index (κ1) is 24.5.